The monoisotopic (exact) mass is 846 g/mol. The number of benzene rings is 2. The number of aromatic hydroxyl groups is 2. The summed E-state index contributed by atoms with van der Waals surface area (Å²) >= 11 is 3.13. The van der Waals surface area contributed by atoms with Crippen molar-refractivity contribution >= 4 is 47.4 Å². The zero-order chi connectivity index (χ0) is 43.9. The highest BCUT2D eigenvalue weighted by Crippen LogP contribution is 2.32. The van der Waals surface area contributed by atoms with Crippen LogP contribution in [0.2, 0.25) is 0 Å². The second kappa shape index (κ2) is 22.8. The van der Waals surface area contributed by atoms with E-state index in [1.54, 1.807) is 36.0 Å². The Morgan fingerprint density at radius 1 is 0.569 bits per heavy atom. The van der Waals surface area contributed by atoms with Crippen molar-refractivity contribution in [2.75, 3.05) is 23.0 Å². The van der Waals surface area contributed by atoms with Gasteiger partial charge in [0.15, 0.2) is 0 Å². The number of phenols is 2. The summed E-state index contributed by atoms with van der Waals surface area (Å²) in [5, 5.41) is 19.5. The van der Waals surface area contributed by atoms with Gasteiger partial charge in [0.05, 0.1) is 24.7 Å². The molecule has 2 N–H and O–H groups in total. The van der Waals surface area contributed by atoms with Crippen LogP contribution in [0.25, 0.3) is 0 Å². The number of carbonyl (C=O) groups is 4. The molecule has 58 heavy (non-hydrogen) atoms. The molecule has 2 rings (SSSR count). The highest BCUT2D eigenvalue weighted by molar-refractivity contribution is 7.99. The standard InChI is InChI=1S/C46H70O10S2/c1-31(33-13-17-37(47)18-14-33)27-36(42(52)56-44(6,7)8)30-58-26-22-40(50)54-46(11,12)24-23-45(9,10)53-39(49)21-25-57-29-35(34-15-19-38(48)20-16-34)28-32(2)41(51)55-43(3,4)5/h13-20,31-32,35-36,47-48H,21-30H2,1-12H3. The lowest BCUT2D eigenvalue weighted by Gasteiger charge is -2.31. The van der Waals surface area contributed by atoms with Gasteiger partial charge < -0.3 is 29.2 Å². The number of hydrogen-bond donors (Lipinski definition) is 2. The normalized spacial score (nSPS) is 14.5. The van der Waals surface area contributed by atoms with Crippen LogP contribution in [0.1, 0.15) is 145 Å². The highest BCUT2D eigenvalue weighted by Gasteiger charge is 2.31. The molecule has 2 aromatic rings. The first-order valence-corrected chi connectivity index (χ1v) is 22.7. The summed E-state index contributed by atoms with van der Waals surface area (Å²) < 4.78 is 23.0. The van der Waals surface area contributed by atoms with Gasteiger partial charge in [-0.1, -0.05) is 38.1 Å². The smallest absolute Gasteiger partial charge is 0.310 e. The van der Waals surface area contributed by atoms with Crippen LogP contribution in [0.3, 0.4) is 0 Å². The van der Waals surface area contributed by atoms with Gasteiger partial charge in [-0.2, -0.15) is 23.5 Å². The maximum atomic E-state index is 13.1. The molecule has 4 unspecified atom stereocenters. The quantitative estimate of drug-likeness (QED) is 0.0624. The predicted octanol–water partition coefficient (Wildman–Crippen LogP) is 10.4. The van der Waals surface area contributed by atoms with E-state index in [9.17, 15) is 29.4 Å². The molecule has 0 heterocycles. The van der Waals surface area contributed by atoms with Crippen LogP contribution >= 0.6 is 23.5 Å². The van der Waals surface area contributed by atoms with Crippen molar-refractivity contribution in [1.29, 1.82) is 0 Å². The average Bonchev–Trinajstić information content (AvgIpc) is 3.08. The third kappa shape index (κ3) is 21.0. The summed E-state index contributed by atoms with van der Waals surface area (Å²) in [6.07, 6.45) is 2.52. The Labute approximate surface area is 356 Å². The molecule has 0 aliphatic carbocycles. The van der Waals surface area contributed by atoms with E-state index in [2.05, 4.69) is 0 Å². The third-order valence-electron chi connectivity index (χ3n) is 9.30. The van der Waals surface area contributed by atoms with Crippen molar-refractivity contribution in [3.05, 3.63) is 59.7 Å². The summed E-state index contributed by atoms with van der Waals surface area (Å²) in [6, 6.07) is 14.0. The second-order valence-corrected chi connectivity index (χ2v) is 20.8. The highest BCUT2D eigenvalue weighted by atomic mass is 32.2. The van der Waals surface area contributed by atoms with Gasteiger partial charge in [-0.3, -0.25) is 19.2 Å². The van der Waals surface area contributed by atoms with E-state index < -0.39 is 22.4 Å². The third-order valence-corrected chi connectivity index (χ3v) is 11.6. The maximum Gasteiger partial charge on any atom is 0.310 e. The van der Waals surface area contributed by atoms with Crippen LogP contribution in [0.15, 0.2) is 48.5 Å². The lowest BCUT2D eigenvalue weighted by atomic mass is 9.91. The average molecular weight is 847 g/mol. The fourth-order valence-corrected chi connectivity index (χ4v) is 8.27. The second-order valence-electron chi connectivity index (χ2n) is 18.5. The van der Waals surface area contributed by atoms with Crippen molar-refractivity contribution in [2.24, 2.45) is 11.8 Å². The molecule has 0 fully saturated rings. The Morgan fingerprint density at radius 2 is 0.983 bits per heavy atom. The lowest BCUT2D eigenvalue weighted by Crippen LogP contribution is -2.34. The molecule has 0 aliphatic rings. The number of hydrogen-bond acceptors (Lipinski definition) is 12. The molecule has 326 valence electrons. The number of ether oxygens (including phenoxy) is 4. The van der Waals surface area contributed by atoms with Crippen LogP contribution in [0, 0.1) is 11.8 Å². The predicted molar refractivity (Wildman–Crippen MR) is 234 cm³/mol. The number of rotatable bonds is 23. The van der Waals surface area contributed by atoms with Crippen molar-refractivity contribution < 1.29 is 48.3 Å². The van der Waals surface area contributed by atoms with Crippen molar-refractivity contribution in [2.45, 2.75) is 156 Å². The molecule has 0 saturated heterocycles. The molecule has 12 heteroatoms. The Balaban J connectivity index is 1.82. The van der Waals surface area contributed by atoms with Crippen LogP contribution in [0.4, 0.5) is 0 Å². The van der Waals surface area contributed by atoms with Gasteiger partial charge in [0, 0.05) is 23.0 Å². The SMILES string of the molecule is CC(CC(CSCCC(=O)OC(C)(C)CCC(C)(C)OC(=O)CCSCC(CC(C)c1ccc(O)cc1)C(=O)OC(C)(C)C)c1ccc(O)cc1)C(=O)OC(C)(C)C. The molecule has 0 amide bonds. The minimum atomic E-state index is -0.778. The summed E-state index contributed by atoms with van der Waals surface area (Å²) in [7, 11) is 0. The van der Waals surface area contributed by atoms with E-state index in [1.165, 1.54) is 11.8 Å². The molecule has 4 atom stereocenters. The first-order chi connectivity index (χ1) is 26.7. The van der Waals surface area contributed by atoms with Gasteiger partial charge in [-0.15, -0.1) is 0 Å². The molecular formula is C46H70O10S2. The summed E-state index contributed by atoms with van der Waals surface area (Å²) in [5.74, 6) is 0.802. The first kappa shape index (κ1) is 50.8. The largest absolute Gasteiger partial charge is 0.508 e. The van der Waals surface area contributed by atoms with Crippen molar-refractivity contribution in [3.63, 3.8) is 0 Å². The zero-order valence-corrected chi connectivity index (χ0v) is 38.6. The molecular weight excluding hydrogens is 777 g/mol. The first-order valence-electron chi connectivity index (χ1n) is 20.4. The Hall–Kier alpha value is -3.38. The summed E-state index contributed by atoms with van der Waals surface area (Å²) in [6.45, 7) is 22.4. The fraction of sp³-hybridized carbons (Fsp3) is 0.652. The van der Waals surface area contributed by atoms with Gasteiger partial charge >= 0.3 is 23.9 Å². The van der Waals surface area contributed by atoms with E-state index in [0.29, 0.717) is 48.7 Å². The molecule has 0 aromatic heterocycles. The number of carbonyl (C=O) groups excluding carboxylic acids is 4. The number of thioether (sulfide) groups is 2. The van der Waals surface area contributed by atoms with Gasteiger partial charge in [0.1, 0.15) is 33.9 Å². The fourth-order valence-electron chi connectivity index (χ4n) is 6.14. The van der Waals surface area contributed by atoms with Crippen molar-refractivity contribution in [3.8, 4) is 11.5 Å². The topological polar surface area (TPSA) is 146 Å². The van der Waals surface area contributed by atoms with E-state index in [-0.39, 0.29) is 71.9 Å². The van der Waals surface area contributed by atoms with Crippen LogP contribution in [-0.2, 0) is 38.1 Å². The minimum absolute atomic E-state index is 0.0181. The molecule has 10 nitrogen and oxygen atoms in total. The van der Waals surface area contributed by atoms with Crippen LogP contribution in [0.5, 0.6) is 11.5 Å². The molecule has 0 radical (unpaired) electrons. The van der Waals surface area contributed by atoms with Gasteiger partial charge in [-0.05, 0) is 142 Å². The Kier molecular flexibility index (Phi) is 20.0. The number of phenolic OH excluding ortho intramolecular Hbond substituents is 2. The van der Waals surface area contributed by atoms with Crippen molar-refractivity contribution in [1.82, 2.24) is 0 Å². The molecule has 0 aliphatic heterocycles. The minimum Gasteiger partial charge on any atom is -0.508 e. The Bertz CT molecular complexity index is 1590. The molecule has 0 spiro atoms. The van der Waals surface area contributed by atoms with Gasteiger partial charge in [-0.25, -0.2) is 0 Å². The van der Waals surface area contributed by atoms with Crippen LogP contribution in [-0.4, -0.2) is 79.5 Å². The van der Waals surface area contributed by atoms with E-state index >= 15 is 0 Å². The Morgan fingerprint density at radius 3 is 1.43 bits per heavy atom. The summed E-state index contributed by atoms with van der Waals surface area (Å²) in [5.41, 5.74) is -0.710. The molecule has 2 aromatic carbocycles. The van der Waals surface area contributed by atoms with E-state index in [0.717, 1.165) is 11.1 Å². The van der Waals surface area contributed by atoms with Crippen LogP contribution < -0.4 is 0 Å². The van der Waals surface area contributed by atoms with Gasteiger partial charge in [0.25, 0.3) is 0 Å². The zero-order valence-electron chi connectivity index (χ0n) is 37.0. The maximum absolute atomic E-state index is 13.1. The van der Waals surface area contributed by atoms with E-state index in [4.69, 9.17) is 18.9 Å². The van der Waals surface area contributed by atoms with Gasteiger partial charge in [0.2, 0.25) is 0 Å². The van der Waals surface area contributed by atoms with E-state index in [1.807, 2.05) is 107 Å². The molecule has 0 saturated carbocycles. The lowest BCUT2D eigenvalue weighted by molar-refractivity contribution is -0.163. The molecule has 0 bridgehead atoms. The summed E-state index contributed by atoms with van der Waals surface area (Å²) in [4.78, 5) is 51.7. The number of esters is 4.